The van der Waals surface area contributed by atoms with Gasteiger partial charge in [0, 0.05) is 17.1 Å². The third-order valence-corrected chi connectivity index (χ3v) is 7.53. The van der Waals surface area contributed by atoms with Crippen LogP contribution >= 0.6 is 11.6 Å². The quantitative estimate of drug-likeness (QED) is 0.388. The Balaban J connectivity index is 1.55. The van der Waals surface area contributed by atoms with E-state index in [1.807, 2.05) is 42.5 Å². The number of hydrogen-bond acceptors (Lipinski definition) is 3. The Bertz CT molecular complexity index is 1460. The van der Waals surface area contributed by atoms with Crippen LogP contribution in [0, 0.1) is 0 Å². The fourth-order valence-corrected chi connectivity index (χ4v) is 5.62. The second-order valence-corrected chi connectivity index (χ2v) is 9.99. The fourth-order valence-electron chi connectivity index (χ4n) is 4.06. The number of nitrogens with zero attached hydrogens (tertiary/aromatic N) is 1. The van der Waals surface area contributed by atoms with Gasteiger partial charge in [-0.25, -0.2) is 4.21 Å². The smallest absolute Gasteiger partial charge is 0.259 e. The van der Waals surface area contributed by atoms with Crippen molar-refractivity contribution in [1.82, 2.24) is 5.32 Å². The molecule has 0 aliphatic carbocycles. The summed E-state index contributed by atoms with van der Waals surface area (Å²) >= 11 is 6.18. The lowest BCUT2D eigenvalue weighted by atomic mass is 10.1. The SMILES string of the molecule is O=C(NCc1ccccc1)c1ccc2c(c1)N(Cc1cccc(Cl)c1)C(=O)c1ccccc1S2=O. The first-order chi connectivity index (χ1) is 17.0. The van der Waals surface area contributed by atoms with Crippen molar-refractivity contribution in [1.29, 1.82) is 0 Å². The van der Waals surface area contributed by atoms with Crippen molar-refractivity contribution in [2.45, 2.75) is 22.9 Å². The van der Waals surface area contributed by atoms with Crippen molar-refractivity contribution < 1.29 is 13.8 Å². The van der Waals surface area contributed by atoms with Crippen molar-refractivity contribution >= 4 is 39.9 Å². The standard InChI is InChI=1S/C28H21ClN2O3S/c29-22-10-6-9-20(15-22)18-31-24-16-21(27(32)30-17-19-7-2-1-3-8-19)13-14-26(24)35(34)25-12-5-4-11-23(25)28(31)33/h1-16H,17-18H2,(H,30,32). The predicted molar refractivity (Wildman–Crippen MR) is 137 cm³/mol. The average Bonchev–Trinajstić information content (AvgIpc) is 2.97. The fraction of sp³-hybridized carbons (Fsp3) is 0.0714. The number of benzene rings is 4. The van der Waals surface area contributed by atoms with Crippen molar-refractivity contribution in [3.05, 3.63) is 124 Å². The highest BCUT2D eigenvalue weighted by Crippen LogP contribution is 2.36. The molecular formula is C28H21ClN2O3S. The molecule has 0 aromatic heterocycles. The van der Waals surface area contributed by atoms with Crippen LogP contribution in [0.3, 0.4) is 0 Å². The van der Waals surface area contributed by atoms with Gasteiger partial charge in [-0.2, -0.15) is 0 Å². The van der Waals surface area contributed by atoms with Crippen molar-refractivity contribution in [3.63, 3.8) is 0 Å². The molecule has 0 bridgehead atoms. The second kappa shape index (κ2) is 9.86. The van der Waals surface area contributed by atoms with Gasteiger partial charge >= 0.3 is 0 Å². The minimum absolute atomic E-state index is 0.215. The molecular weight excluding hydrogens is 480 g/mol. The Kier molecular flexibility index (Phi) is 6.49. The first-order valence-electron chi connectivity index (χ1n) is 11.0. The zero-order valence-corrected chi connectivity index (χ0v) is 20.2. The van der Waals surface area contributed by atoms with E-state index in [2.05, 4.69) is 5.32 Å². The zero-order valence-electron chi connectivity index (χ0n) is 18.6. The largest absolute Gasteiger partial charge is 0.348 e. The molecule has 1 unspecified atom stereocenters. The summed E-state index contributed by atoms with van der Waals surface area (Å²) in [7, 11) is -1.59. The molecule has 4 aromatic carbocycles. The van der Waals surface area contributed by atoms with E-state index in [9.17, 15) is 13.8 Å². The molecule has 1 atom stereocenters. The van der Waals surface area contributed by atoms with Crippen LogP contribution in [0.5, 0.6) is 0 Å². The van der Waals surface area contributed by atoms with Gasteiger partial charge in [0.25, 0.3) is 11.8 Å². The van der Waals surface area contributed by atoms with E-state index in [1.54, 1.807) is 59.5 Å². The zero-order chi connectivity index (χ0) is 24.4. The highest BCUT2D eigenvalue weighted by molar-refractivity contribution is 7.85. The van der Waals surface area contributed by atoms with Gasteiger partial charge in [-0.05, 0) is 53.6 Å². The van der Waals surface area contributed by atoms with E-state index in [0.717, 1.165) is 11.1 Å². The summed E-state index contributed by atoms with van der Waals surface area (Å²) in [5.74, 6) is -0.561. The number of carbonyl (C=O) groups is 2. The summed E-state index contributed by atoms with van der Waals surface area (Å²) in [6.07, 6.45) is 0. The van der Waals surface area contributed by atoms with Gasteiger partial charge in [0.15, 0.2) is 0 Å². The number of anilines is 1. The monoisotopic (exact) mass is 500 g/mol. The van der Waals surface area contributed by atoms with Crippen LogP contribution in [0.15, 0.2) is 107 Å². The van der Waals surface area contributed by atoms with Gasteiger partial charge < -0.3 is 10.2 Å². The van der Waals surface area contributed by atoms with Crippen LogP contribution in [0.2, 0.25) is 5.02 Å². The maximum atomic E-state index is 13.7. The van der Waals surface area contributed by atoms with Gasteiger partial charge in [0.1, 0.15) is 0 Å². The molecule has 174 valence electrons. The van der Waals surface area contributed by atoms with Crippen LogP contribution in [-0.4, -0.2) is 16.0 Å². The van der Waals surface area contributed by atoms with Crippen LogP contribution in [0.1, 0.15) is 31.8 Å². The average molecular weight is 501 g/mol. The highest BCUT2D eigenvalue weighted by Gasteiger charge is 2.31. The maximum absolute atomic E-state index is 13.7. The number of nitrogens with one attached hydrogen (secondary N) is 1. The molecule has 1 aliphatic heterocycles. The van der Waals surface area contributed by atoms with Gasteiger partial charge in [-0.3, -0.25) is 9.59 Å². The molecule has 1 heterocycles. The van der Waals surface area contributed by atoms with Crippen LogP contribution in [0.25, 0.3) is 0 Å². The Hall–Kier alpha value is -3.74. The number of amides is 2. The summed E-state index contributed by atoms with van der Waals surface area (Å²) in [4.78, 5) is 29.2. The Morgan fingerprint density at radius 3 is 2.37 bits per heavy atom. The molecule has 7 heteroatoms. The maximum Gasteiger partial charge on any atom is 0.259 e. The molecule has 0 saturated carbocycles. The van der Waals surface area contributed by atoms with Crippen molar-refractivity contribution in [3.8, 4) is 0 Å². The molecule has 1 aliphatic rings. The number of hydrogen-bond donors (Lipinski definition) is 1. The molecule has 5 nitrogen and oxygen atoms in total. The van der Waals surface area contributed by atoms with Crippen LogP contribution in [0.4, 0.5) is 5.69 Å². The Morgan fingerprint density at radius 1 is 0.829 bits per heavy atom. The van der Waals surface area contributed by atoms with E-state index in [4.69, 9.17) is 11.6 Å². The summed E-state index contributed by atoms with van der Waals surface area (Å²) in [5.41, 5.74) is 2.99. The molecule has 35 heavy (non-hydrogen) atoms. The van der Waals surface area contributed by atoms with E-state index in [1.165, 1.54) is 0 Å². The normalized spacial score (nSPS) is 14.6. The van der Waals surface area contributed by atoms with E-state index in [0.29, 0.717) is 38.2 Å². The van der Waals surface area contributed by atoms with Crippen LogP contribution < -0.4 is 10.2 Å². The molecule has 0 radical (unpaired) electrons. The summed E-state index contributed by atoms with van der Waals surface area (Å²) < 4.78 is 13.5. The molecule has 1 N–H and O–H groups in total. The first kappa shape index (κ1) is 23.0. The van der Waals surface area contributed by atoms with E-state index in [-0.39, 0.29) is 18.4 Å². The second-order valence-electron chi connectivity index (χ2n) is 8.14. The van der Waals surface area contributed by atoms with E-state index >= 15 is 0 Å². The first-order valence-corrected chi connectivity index (χ1v) is 12.6. The Labute approximate surface area is 210 Å². The lowest BCUT2D eigenvalue weighted by Crippen LogP contribution is -2.31. The minimum Gasteiger partial charge on any atom is -0.348 e. The highest BCUT2D eigenvalue weighted by atomic mass is 35.5. The van der Waals surface area contributed by atoms with Gasteiger partial charge in [0.05, 0.1) is 38.4 Å². The Morgan fingerprint density at radius 2 is 1.57 bits per heavy atom. The van der Waals surface area contributed by atoms with E-state index < -0.39 is 10.8 Å². The number of fused-ring (bicyclic) bond motifs is 2. The van der Waals surface area contributed by atoms with Crippen molar-refractivity contribution in [2.75, 3.05) is 4.90 Å². The molecule has 4 aromatic rings. The number of carbonyl (C=O) groups excluding carboxylic acids is 2. The third-order valence-electron chi connectivity index (χ3n) is 5.80. The molecule has 0 fully saturated rings. The van der Waals surface area contributed by atoms with Gasteiger partial charge in [-0.1, -0.05) is 66.2 Å². The minimum atomic E-state index is -1.59. The third kappa shape index (κ3) is 4.76. The van der Waals surface area contributed by atoms with Gasteiger partial charge in [-0.15, -0.1) is 0 Å². The molecule has 5 rings (SSSR count). The lowest BCUT2D eigenvalue weighted by molar-refractivity contribution is 0.0947. The molecule has 2 amide bonds. The summed E-state index contributed by atoms with van der Waals surface area (Å²) in [5, 5.41) is 3.47. The predicted octanol–water partition coefficient (Wildman–Crippen LogP) is 5.60. The van der Waals surface area contributed by atoms with Crippen molar-refractivity contribution in [2.24, 2.45) is 0 Å². The molecule has 0 saturated heterocycles. The van der Waals surface area contributed by atoms with Gasteiger partial charge in [0.2, 0.25) is 0 Å². The summed E-state index contributed by atoms with van der Waals surface area (Å²) in [6, 6.07) is 28.7. The van der Waals surface area contributed by atoms with Crippen LogP contribution in [-0.2, 0) is 23.9 Å². The summed E-state index contributed by atoms with van der Waals surface area (Å²) in [6.45, 7) is 0.590. The lowest BCUT2D eigenvalue weighted by Gasteiger charge is -2.24. The molecule has 0 spiro atoms. The topological polar surface area (TPSA) is 66.5 Å². The number of rotatable bonds is 5. The number of halogens is 1.